The van der Waals surface area contributed by atoms with Gasteiger partial charge < -0.3 is 4.98 Å². The Labute approximate surface area is 177 Å². The Morgan fingerprint density at radius 1 is 0.900 bits per heavy atom. The normalized spacial score (nSPS) is 11.1. The summed E-state index contributed by atoms with van der Waals surface area (Å²) in [5.74, 6) is 0. The lowest BCUT2D eigenvalue weighted by atomic mass is 10.1. The van der Waals surface area contributed by atoms with Gasteiger partial charge in [-0.1, -0.05) is 54.1 Å². The van der Waals surface area contributed by atoms with E-state index < -0.39 is 0 Å². The topological polar surface area (TPSA) is 63.6 Å². The van der Waals surface area contributed by atoms with Crippen molar-refractivity contribution in [2.75, 3.05) is 0 Å². The van der Waals surface area contributed by atoms with Gasteiger partial charge in [0, 0.05) is 17.0 Å². The maximum atomic E-state index is 12.6. The molecule has 0 aliphatic heterocycles. The predicted octanol–water partition coefficient (Wildman–Crippen LogP) is 5.02. The predicted molar refractivity (Wildman–Crippen MR) is 119 cm³/mol. The Bertz CT molecular complexity index is 1390. The van der Waals surface area contributed by atoms with Crippen molar-refractivity contribution >= 4 is 22.6 Å². The molecule has 2 heterocycles. The summed E-state index contributed by atoms with van der Waals surface area (Å²) in [5.41, 5.74) is 5.30. The standard InChI is InChI=1S/C24H17ClN4O/c25-17-12-10-16(11-13-17)22-14-19(29(28-22)18-6-2-1-3-7-18)15-23-24(30)27-21-9-5-4-8-20(21)26-23/h1-14H,15H2,(H,27,30). The van der Waals surface area contributed by atoms with E-state index in [-0.39, 0.29) is 5.56 Å². The molecule has 5 nitrogen and oxygen atoms in total. The zero-order chi connectivity index (χ0) is 20.5. The molecule has 0 amide bonds. The molecule has 0 aliphatic carbocycles. The molecule has 0 spiro atoms. The first-order valence-corrected chi connectivity index (χ1v) is 9.93. The molecule has 146 valence electrons. The molecular weight excluding hydrogens is 396 g/mol. The van der Waals surface area contributed by atoms with Crippen LogP contribution in [0.25, 0.3) is 28.0 Å². The van der Waals surface area contributed by atoms with Crippen molar-refractivity contribution in [2.24, 2.45) is 0 Å². The fraction of sp³-hybridized carbons (Fsp3) is 0.0417. The highest BCUT2D eigenvalue weighted by Gasteiger charge is 2.15. The second-order valence-corrected chi connectivity index (χ2v) is 7.42. The lowest BCUT2D eigenvalue weighted by Crippen LogP contribution is -2.17. The average Bonchev–Trinajstić information content (AvgIpc) is 3.19. The Morgan fingerprint density at radius 2 is 1.63 bits per heavy atom. The number of halogens is 1. The molecule has 2 aromatic heterocycles. The molecule has 0 bridgehead atoms. The van der Waals surface area contributed by atoms with E-state index in [1.54, 1.807) is 0 Å². The fourth-order valence-electron chi connectivity index (χ4n) is 3.46. The number of aromatic amines is 1. The average molecular weight is 413 g/mol. The third kappa shape index (κ3) is 3.51. The van der Waals surface area contributed by atoms with E-state index in [4.69, 9.17) is 16.7 Å². The third-order valence-electron chi connectivity index (χ3n) is 4.94. The lowest BCUT2D eigenvalue weighted by molar-refractivity contribution is 0.815. The molecule has 3 aromatic carbocycles. The molecule has 6 heteroatoms. The number of nitrogens with one attached hydrogen (secondary N) is 1. The maximum Gasteiger partial charge on any atom is 0.270 e. The minimum Gasteiger partial charge on any atom is -0.319 e. The number of H-pyrrole nitrogens is 1. The van der Waals surface area contributed by atoms with Gasteiger partial charge in [-0.25, -0.2) is 9.67 Å². The number of nitrogens with zero attached hydrogens (tertiary/aromatic N) is 3. The molecular formula is C24H17ClN4O. The number of hydrogen-bond donors (Lipinski definition) is 1. The quantitative estimate of drug-likeness (QED) is 0.450. The molecule has 0 atom stereocenters. The summed E-state index contributed by atoms with van der Waals surface area (Å²) in [6.07, 6.45) is 0.357. The van der Waals surface area contributed by atoms with Gasteiger partial charge >= 0.3 is 0 Å². The van der Waals surface area contributed by atoms with Gasteiger partial charge in [0.1, 0.15) is 5.69 Å². The fourth-order valence-corrected chi connectivity index (χ4v) is 3.58. The minimum absolute atomic E-state index is 0.192. The highest BCUT2D eigenvalue weighted by atomic mass is 35.5. The largest absolute Gasteiger partial charge is 0.319 e. The van der Waals surface area contributed by atoms with E-state index in [1.807, 2.05) is 89.6 Å². The van der Waals surface area contributed by atoms with Crippen molar-refractivity contribution in [3.05, 3.63) is 112 Å². The van der Waals surface area contributed by atoms with Crippen molar-refractivity contribution < 1.29 is 0 Å². The zero-order valence-corrected chi connectivity index (χ0v) is 16.7. The van der Waals surface area contributed by atoms with Crippen LogP contribution in [0, 0.1) is 0 Å². The monoisotopic (exact) mass is 412 g/mol. The van der Waals surface area contributed by atoms with E-state index in [2.05, 4.69) is 9.97 Å². The number of hydrogen-bond acceptors (Lipinski definition) is 3. The molecule has 30 heavy (non-hydrogen) atoms. The maximum absolute atomic E-state index is 12.6. The van der Waals surface area contributed by atoms with Crippen LogP contribution in [-0.4, -0.2) is 19.7 Å². The van der Waals surface area contributed by atoms with Gasteiger partial charge in [0.2, 0.25) is 0 Å². The summed E-state index contributed by atoms with van der Waals surface area (Å²) in [7, 11) is 0. The summed E-state index contributed by atoms with van der Waals surface area (Å²) < 4.78 is 1.86. The second kappa shape index (κ2) is 7.61. The molecule has 1 N–H and O–H groups in total. The van der Waals surface area contributed by atoms with Gasteiger partial charge in [0.15, 0.2) is 0 Å². The molecule has 0 aliphatic rings. The molecule has 0 radical (unpaired) electrons. The lowest BCUT2D eigenvalue weighted by Gasteiger charge is -2.07. The van der Waals surface area contributed by atoms with Crippen LogP contribution in [0.5, 0.6) is 0 Å². The highest BCUT2D eigenvalue weighted by molar-refractivity contribution is 6.30. The number of fused-ring (bicyclic) bond motifs is 1. The molecule has 0 fully saturated rings. The van der Waals surface area contributed by atoms with Crippen LogP contribution in [0.4, 0.5) is 0 Å². The van der Waals surface area contributed by atoms with Crippen LogP contribution < -0.4 is 5.56 Å². The number of para-hydroxylation sites is 3. The van der Waals surface area contributed by atoms with Crippen molar-refractivity contribution in [1.29, 1.82) is 0 Å². The van der Waals surface area contributed by atoms with Crippen LogP contribution in [0.2, 0.25) is 5.02 Å². The summed E-state index contributed by atoms with van der Waals surface area (Å²) in [5, 5.41) is 5.48. The van der Waals surface area contributed by atoms with Gasteiger partial charge in [-0.05, 0) is 42.5 Å². The van der Waals surface area contributed by atoms with Crippen LogP contribution >= 0.6 is 11.6 Å². The molecule has 5 rings (SSSR count). The van der Waals surface area contributed by atoms with Crippen molar-refractivity contribution in [3.8, 4) is 16.9 Å². The molecule has 0 saturated carbocycles. The smallest absolute Gasteiger partial charge is 0.270 e. The van der Waals surface area contributed by atoms with Crippen molar-refractivity contribution in [3.63, 3.8) is 0 Å². The Morgan fingerprint density at radius 3 is 2.43 bits per heavy atom. The number of aromatic nitrogens is 4. The van der Waals surface area contributed by atoms with Gasteiger partial charge in [-0.2, -0.15) is 5.10 Å². The molecule has 0 unspecified atom stereocenters. The van der Waals surface area contributed by atoms with E-state index >= 15 is 0 Å². The first kappa shape index (κ1) is 18.3. The summed E-state index contributed by atoms with van der Waals surface area (Å²) in [6, 6.07) is 26.9. The minimum atomic E-state index is -0.192. The van der Waals surface area contributed by atoms with E-state index in [1.165, 1.54) is 0 Å². The van der Waals surface area contributed by atoms with Gasteiger partial charge in [0.25, 0.3) is 5.56 Å². The van der Waals surface area contributed by atoms with Gasteiger partial charge in [-0.15, -0.1) is 0 Å². The van der Waals surface area contributed by atoms with Crippen LogP contribution in [0.3, 0.4) is 0 Å². The Hall–Kier alpha value is -3.70. The Balaban J connectivity index is 1.62. The number of rotatable bonds is 4. The molecule has 0 saturated heterocycles. The summed E-state index contributed by atoms with van der Waals surface area (Å²) >= 11 is 6.03. The van der Waals surface area contributed by atoms with Crippen molar-refractivity contribution in [2.45, 2.75) is 6.42 Å². The van der Waals surface area contributed by atoms with Gasteiger partial charge in [-0.3, -0.25) is 4.79 Å². The van der Waals surface area contributed by atoms with E-state index in [9.17, 15) is 4.79 Å². The van der Waals surface area contributed by atoms with Crippen LogP contribution in [0.1, 0.15) is 11.4 Å². The summed E-state index contributed by atoms with van der Waals surface area (Å²) in [4.78, 5) is 20.2. The third-order valence-corrected chi connectivity index (χ3v) is 5.19. The number of benzene rings is 3. The first-order chi connectivity index (χ1) is 14.7. The van der Waals surface area contributed by atoms with Crippen LogP contribution in [-0.2, 0) is 6.42 Å². The van der Waals surface area contributed by atoms with Crippen LogP contribution in [0.15, 0.2) is 89.7 Å². The van der Waals surface area contributed by atoms with Gasteiger partial charge in [0.05, 0.1) is 28.1 Å². The first-order valence-electron chi connectivity index (χ1n) is 9.55. The second-order valence-electron chi connectivity index (χ2n) is 6.98. The van der Waals surface area contributed by atoms with E-state index in [0.29, 0.717) is 17.1 Å². The SMILES string of the molecule is O=c1[nH]c2ccccc2nc1Cc1cc(-c2ccc(Cl)cc2)nn1-c1ccccc1. The highest BCUT2D eigenvalue weighted by Crippen LogP contribution is 2.24. The molecule has 5 aromatic rings. The summed E-state index contributed by atoms with van der Waals surface area (Å²) in [6.45, 7) is 0. The van der Waals surface area contributed by atoms with Crippen molar-refractivity contribution in [1.82, 2.24) is 19.7 Å². The zero-order valence-electron chi connectivity index (χ0n) is 15.9. The van der Waals surface area contributed by atoms with E-state index in [0.717, 1.165) is 33.7 Å². The Kier molecular flexibility index (Phi) is 4.65.